The Morgan fingerprint density at radius 2 is 2.08 bits per heavy atom. The molecule has 12 heavy (non-hydrogen) atoms. The van der Waals surface area contributed by atoms with E-state index in [1.807, 2.05) is 6.08 Å². The zero-order valence-corrected chi connectivity index (χ0v) is 8.18. The van der Waals surface area contributed by atoms with Gasteiger partial charge in [-0.1, -0.05) is 25.3 Å². The summed E-state index contributed by atoms with van der Waals surface area (Å²) in [6.07, 6.45) is 9.11. The van der Waals surface area contributed by atoms with E-state index < -0.39 is 0 Å². The molecule has 1 atom stereocenters. The van der Waals surface area contributed by atoms with E-state index >= 15 is 0 Å². The maximum Gasteiger partial charge on any atom is 0.0134 e. The van der Waals surface area contributed by atoms with Crippen molar-refractivity contribution in [2.45, 2.75) is 45.1 Å². The molecule has 0 aromatic carbocycles. The van der Waals surface area contributed by atoms with Crippen LogP contribution in [0.15, 0.2) is 12.7 Å². The molecule has 1 nitrogen and oxygen atoms in total. The van der Waals surface area contributed by atoms with Gasteiger partial charge in [0.15, 0.2) is 0 Å². The van der Waals surface area contributed by atoms with Crippen molar-refractivity contribution in [3.63, 3.8) is 0 Å². The molecule has 70 valence electrons. The molecule has 1 saturated carbocycles. The molecule has 0 aliphatic heterocycles. The predicted molar refractivity (Wildman–Crippen MR) is 54.2 cm³/mol. The summed E-state index contributed by atoms with van der Waals surface area (Å²) < 4.78 is 0. The Labute approximate surface area is 76.2 Å². The third-order valence-electron chi connectivity index (χ3n) is 2.94. The van der Waals surface area contributed by atoms with Gasteiger partial charge in [-0.15, -0.1) is 6.58 Å². The summed E-state index contributed by atoms with van der Waals surface area (Å²) in [5.74, 6) is 0.915. The molecule has 1 unspecified atom stereocenters. The lowest BCUT2D eigenvalue weighted by molar-refractivity contribution is 0.287. The molecule has 0 aromatic rings. The van der Waals surface area contributed by atoms with Crippen LogP contribution in [0.25, 0.3) is 0 Å². The first kappa shape index (κ1) is 9.79. The van der Waals surface area contributed by atoms with E-state index in [2.05, 4.69) is 18.8 Å². The first-order valence-electron chi connectivity index (χ1n) is 5.19. The maximum absolute atomic E-state index is 3.72. The van der Waals surface area contributed by atoms with E-state index in [0.29, 0.717) is 6.04 Å². The van der Waals surface area contributed by atoms with Gasteiger partial charge >= 0.3 is 0 Å². The Hall–Kier alpha value is -0.300. The monoisotopic (exact) mass is 167 g/mol. The van der Waals surface area contributed by atoms with Gasteiger partial charge in [-0.2, -0.15) is 0 Å². The minimum absolute atomic E-state index is 0.684. The topological polar surface area (TPSA) is 12.0 Å². The van der Waals surface area contributed by atoms with E-state index in [-0.39, 0.29) is 0 Å². The highest BCUT2D eigenvalue weighted by molar-refractivity contribution is 4.79. The second-order valence-electron chi connectivity index (χ2n) is 3.88. The summed E-state index contributed by atoms with van der Waals surface area (Å²) in [7, 11) is 0. The van der Waals surface area contributed by atoms with E-state index in [1.165, 1.54) is 32.1 Å². The zero-order chi connectivity index (χ0) is 8.81. The molecule has 1 heteroatoms. The molecule has 0 aromatic heterocycles. The summed E-state index contributed by atoms with van der Waals surface area (Å²) in [6.45, 7) is 6.98. The molecule has 0 spiro atoms. The Morgan fingerprint density at radius 1 is 1.42 bits per heavy atom. The largest absolute Gasteiger partial charge is 0.311 e. The van der Waals surface area contributed by atoms with Crippen LogP contribution >= 0.6 is 0 Å². The Morgan fingerprint density at radius 3 is 2.67 bits per heavy atom. The van der Waals surface area contributed by atoms with Gasteiger partial charge in [0.25, 0.3) is 0 Å². The number of hydrogen-bond donors (Lipinski definition) is 1. The van der Waals surface area contributed by atoms with Crippen LogP contribution in [0.4, 0.5) is 0 Å². The molecule has 0 bridgehead atoms. The van der Waals surface area contributed by atoms with Gasteiger partial charge in [-0.3, -0.25) is 0 Å². The van der Waals surface area contributed by atoms with Gasteiger partial charge < -0.3 is 5.32 Å². The first-order chi connectivity index (χ1) is 5.84. The van der Waals surface area contributed by atoms with Crippen molar-refractivity contribution in [2.75, 3.05) is 6.54 Å². The minimum atomic E-state index is 0.684. The van der Waals surface area contributed by atoms with Crippen molar-refractivity contribution in [1.29, 1.82) is 0 Å². The Bertz CT molecular complexity index is 125. The lowest BCUT2D eigenvalue weighted by Crippen LogP contribution is -2.34. The van der Waals surface area contributed by atoms with Crippen molar-refractivity contribution >= 4 is 0 Å². The van der Waals surface area contributed by atoms with Crippen LogP contribution in [0.2, 0.25) is 0 Å². The number of hydrogen-bond acceptors (Lipinski definition) is 1. The highest BCUT2D eigenvalue weighted by Gasteiger charge is 2.18. The molecule has 1 aliphatic carbocycles. The van der Waals surface area contributed by atoms with Crippen LogP contribution in [0.5, 0.6) is 0 Å². The summed E-state index contributed by atoms with van der Waals surface area (Å²) in [6, 6.07) is 0.684. The van der Waals surface area contributed by atoms with Crippen molar-refractivity contribution in [3.8, 4) is 0 Å². The first-order valence-corrected chi connectivity index (χ1v) is 5.19. The fourth-order valence-corrected chi connectivity index (χ4v) is 2.07. The molecule has 1 fully saturated rings. The molecule has 1 rings (SSSR count). The van der Waals surface area contributed by atoms with Crippen LogP contribution in [0.1, 0.15) is 39.0 Å². The molecule has 1 aliphatic rings. The van der Waals surface area contributed by atoms with Crippen LogP contribution in [-0.2, 0) is 0 Å². The molecular weight excluding hydrogens is 146 g/mol. The number of nitrogens with one attached hydrogen (secondary N) is 1. The summed E-state index contributed by atoms with van der Waals surface area (Å²) >= 11 is 0. The fourth-order valence-electron chi connectivity index (χ4n) is 2.07. The predicted octanol–water partition coefficient (Wildman–Crippen LogP) is 2.73. The average Bonchev–Trinajstić information content (AvgIpc) is 2.15. The van der Waals surface area contributed by atoms with Crippen LogP contribution < -0.4 is 5.32 Å². The van der Waals surface area contributed by atoms with Gasteiger partial charge in [-0.05, 0) is 25.7 Å². The third kappa shape index (κ3) is 2.98. The highest BCUT2D eigenvalue weighted by Crippen LogP contribution is 2.26. The van der Waals surface area contributed by atoms with Crippen LogP contribution in [0, 0.1) is 5.92 Å². The van der Waals surface area contributed by atoms with Crippen LogP contribution in [-0.4, -0.2) is 12.6 Å². The lowest BCUT2D eigenvalue weighted by Gasteiger charge is -2.28. The van der Waals surface area contributed by atoms with Crippen molar-refractivity contribution < 1.29 is 0 Å². The van der Waals surface area contributed by atoms with Gasteiger partial charge in [0.05, 0.1) is 0 Å². The number of rotatable bonds is 4. The second-order valence-corrected chi connectivity index (χ2v) is 3.88. The fraction of sp³-hybridized carbons (Fsp3) is 0.818. The van der Waals surface area contributed by atoms with Gasteiger partial charge in [0.1, 0.15) is 0 Å². The van der Waals surface area contributed by atoms with E-state index in [1.54, 1.807) is 0 Å². The van der Waals surface area contributed by atoms with Crippen LogP contribution in [0.3, 0.4) is 0 Å². The molecule has 0 heterocycles. The average molecular weight is 167 g/mol. The normalized spacial score (nSPS) is 22.1. The standard InChI is InChI=1S/C11H21N/c1-3-9-12-10(2)11-7-5-4-6-8-11/h3,10-12H,1,4-9H2,2H3. The minimum Gasteiger partial charge on any atom is -0.311 e. The van der Waals surface area contributed by atoms with E-state index in [0.717, 1.165) is 12.5 Å². The van der Waals surface area contributed by atoms with Gasteiger partial charge in [0, 0.05) is 12.6 Å². The highest BCUT2D eigenvalue weighted by atomic mass is 14.9. The lowest BCUT2D eigenvalue weighted by atomic mass is 9.84. The summed E-state index contributed by atoms with van der Waals surface area (Å²) in [5, 5.41) is 3.48. The summed E-state index contributed by atoms with van der Waals surface area (Å²) in [5.41, 5.74) is 0. The van der Waals surface area contributed by atoms with Gasteiger partial charge in [-0.25, -0.2) is 0 Å². The molecule has 0 saturated heterocycles. The van der Waals surface area contributed by atoms with E-state index in [4.69, 9.17) is 0 Å². The Kier molecular flexibility index (Phi) is 4.37. The van der Waals surface area contributed by atoms with Crippen molar-refractivity contribution in [2.24, 2.45) is 5.92 Å². The quantitative estimate of drug-likeness (QED) is 0.635. The second kappa shape index (κ2) is 5.36. The summed E-state index contributed by atoms with van der Waals surface area (Å²) in [4.78, 5) is 0. The Balaban J connectivity index is 2.19. The van der Waals surface area contributed by atoms with Crippen molar-refractivity contribution in [1.82, 2.24) is 5.32 Å². The third-order valence-corrected chi connectivity index (χ3v) is 2.94. The van der Waals surface area contributed by atoms with Crippen molar-refractivity contribution in [3.05, 3.63) is 12.7 Å². The molecular formula is C11H21N. The molecule has 1 N–H and O–H groups in total. The smallest absolute Gasteiger partial charge is 0.0134 e. The van der Waals surface area contributed by atoms with Gasteiger partial charge in [0.2, 0.25) is 0 Å². The zero-order valence-electron chi connectivity index (χ0n) is 8.18. The maximum atomic E-state index is 3.72. The molecule has 0 radical (unpaired) electrons. The van der Waals surface area contributed by atoms with E-state index in [9.17, 15) is 0 Å². The molecule has 0 amide bonds. The SMILES string of the molecule is C=CCNC(C)C1CCCCC1.